The van der Waals surface area contributed by atoms with Gasteiger partial charge in [0.05, 0.1) is 13.2 Å². The van der Waals surface area contributed by atoms with Crippen molar-refractivity contribution in [3.05, 3.63) is 6.43 Å². The number of ether oxygens (including phenoxy) is 3. The van der Waals surface area contributed by atoms with Crippen molar-refractivity contribution < 1.29 is 46.7 Å². The second-order valence-corrected chi connectivity index (χ2v) is 2.86. The number of methoxy groups -OCH3 is 1. The Bertz CT molecular complexity index is 189. The maximum absolute atomic E-state index is 12.4. The van der Waals surface area contributed by atoms with Crippen molar-refractivity contribution in [2.75, 3.05) is 33.5 Å². The van der Waals surface area contributed by atoms with Gasteiger partial charge in [-0.3, -0.25) is 0 Å². The van der Waals surface area contributed by atoms with Gasteiger partial charge in [-0.1, -0.05) is 4.53 Å². The summed E-state index contributed by atoms with van der Waals surface area (Å²) < 4.78 is 68.8. The summed E-state index contributed by atoms with van der Waals surface area (Å²) in [5, 5.41) is 14.5. The van der Waals surface area contributed by atoms with Gasteiger partial charge < -0.3 is 28.1 Å². The number of aliphatic hydroxyl groups excluding tert-OH is 1. The third-order valence-corrected chi connectivity index (χ3v) is 1.40. The molecule has 0 aliphatic heterocycles. The van der Waals surface area contributed by atoms with Crippen LogP contribution in [0.15, 0.2) is 0 Å². The molecule has 0 aromatic carbocycles. The maximum Gasteiger partial charge on any atom is 0.378 e. The molecule has 19 heavy (non-hydrogen) atoms. The molecule has 114 valence electrons. The second kappa shape index (κ2) is 12.9. The van der Waals surface area contributed by atoms with Crippen molar-refractivity contribution in [2.24, 2.45) is 0 Å². The van der Waals surface area contributed by atoms with Gasteiger partial charge in [0.25, 0.3) is 0 Å². The number of halogens is 5. The Morgan fingerprint density at radius 2 is 1.63 bits per heavy atom. The fourth-order valence-corrected chi connectivity index (χ4v) is 0.693. The molecule has 2 N–H and O–H groups in total. The fourth-order valence-electron chi connectivity index (χ4n) is 0.693. The van der Waals surface area contributed by atoms with Crippen molar-refractivity contribution in [1.82, 2.24) is 0 Å². The Balaban J connectivity index is -0.000000809. The summed E-state index contributed by atoms with van der Waals surface area (Å²) in [4.78, 5) is 0. The van der Waals surface area contributed by atoms with Crippen molar-refractivity contribution in [2.45, 2.75) is 12.2 Å². The van der Waals surface area contributed by atoms with E-state index >= 15 is 0 Å². The van der Waals surface area contributed by atoms with Crippen molar-refractivity contribution >= 4 is 0 Å². The van der Waals surface area contributed by atoms with Crippen molar-refractivity contribution in [3.63, 3.8) is 0 Å². The molecular formula is C8H14F5O5Rf-. The van der Waals surface area contributed by atoms with E-state index < -0.39 is 45.1 Å². The summed E-state index contributed by atoms with van der Waals surface area (Å²) in [6.45, 7) is -2.79. The van der Waals surface area contributed by atoms with E-state index in [1.807, 2.05) is 0 Å². The SMILES string of the molecule is COC(F)(F)COCC(O)COC[C-](F)F.OF.[Rf]. The molecule has 0 bridgehead atoms. The van der Waals surface area contributed by atoms with Crippen LogP contribution in [0.4, 0.5) is 22.1 Å². The third kappa shape index (κ3) is 16.4. The first-order valence-electron chi connectivity index (χ1n) is 4.47. The first kappa shape index (κ1) is 22.6. The molecule has 0 radical (unpaired) electrons. The van der Waals surface area contributed by atoms with E-state index in [0.29, 0.717) is 0 Å². The summed E-state index contributed by atoms with van der Waals surface area (Å²) >= 11 is 0. The summed E-state index contributed by atoms with van der Waals surface area (Å²) in [6, 6.07) is 0. The minimum atomic E-state index is -3.43. The smallest absolute Gasteiger partial charge is 0.378 e. The Hall–Kier alpha value is -1.55. The van der Waals surface area contributed by atoms with Crippen LogP contribution >= 0.6 is 0 Å². The maximum atomic E-state index is 12.4. The second-order valence-electron chi connectivity index (χ2n) is 2.86. The molecule has 0 aromatic heterocycles. The Morgan fingerprint density at radius 3 is 2.05 bits per heavy atom. The minimum absolute atomic E-state index is 0. The molecule has 0 saturated heterocycles. The summed E-state index contributed by atoms with van der Waals surface area (Å²) in [6.07, 6.45) is -6.61. The molecule has 0 fully saturated rings. The van der Waals surface area contributed by atoms with Crippen LogP contribution in [0.5, 0.6) is 0 Å². The molecule has 0 aromatic rings. The van der Waals surface area contributed by atoms with Crippen LogP contribution in [0.2, 0.25) is 0 Å². The number of hydrogen-bond acceptors (Lipinski definition) is 5. The van der Waals surface area contributed by atoms with Crippen LogP contribution in [0, 0.1) is 6.43 Å². The number of aliphatic hydroxyl groups is 1. The van der Waals surface area contributed by atoms with Gasteiger partial charge in [-0.05, 0) is 6.61 Å². The Labute approximate surface area is 100.0 Å². The quantitative estimate of drug-likeness (QED) is 0.329. The van der Waals surface area contributed by atoms with Gasteiger partial charge in [-0.15, -0.1) is 0 Å². The normalized spacial score (nSPS) is 12.5. The minimum Gasteiger partial charge on any atom is -0.419 e. The number of hydrogen-bond donors (Lipinski definition) is 2. The van der Waals surface area contributed by atoms with E-state index in [0.717, 1.165) is 7.11 Å². The zero-order valence-corrected chi connectivity index (χ0v) is 16.5. The predicted octanol–water partition coefficient (Wildman–Crippen LogP) is 0.911. The first-order chi connectivity index (χ1) is 8.37. The van der Waals surface area contributed by atoms with Gasteiger partial charge in [0.1, 0.15) is 12.7 Å². The van der Waals surface area contributed by atoms with Crippen LogP contribution in [0.3, 0.4) is 0 Å². The van der Waals surface area contributed by atoms with Crippen molar-refractivity contribution in [1.29, 1.82) is 0 Å². The van der Waals surface area contributed by atoms with E-state index in [-0.39, 0.29) is 0 Å². The van der Waals surface area contributed by atoms with Gasteiger partial charge in [0.15, 0.2) is 0 Å². The third-order valence-electron chi connectivity index (χ3n) is 1.40. The standard InChI is InChI=1S/C8H13F4O4.FHO.Rf/c1-14-8(11,12)5-16-3-6(13)2-15-4-7(9)10;1-2;/h6,13H,2-5H2,1H3;2H;/q-1;;. The van der Waals surface area contributed by atoms with E-state index in [9.17, 15) is 17.6 Å². The van der Waals surface area contributed by atoms with E-state index in [1.165, 1.54) is 0 Å². The molecule has 0 saturated carbocycles. The predicted molar refractivity (Wildman–Crippen MR) is 48.4 cm³/mol. The van der Waals surface area contributed by atoms with Gasteiger partial charge in [0.2, 0.25) is 0 Å². The molecule has 5 nitrogen and oxygen atoms in total. The zero-order chi connectivity index (χ0) is 14.6. The topological polar surface area (TPSA) is 68.2 Å². The summed E-state index contributed by atoms with van der Waals surface area (Å²) in [5.74, 6) is 0. The molecule has 0 amide bonds. The molecule has 0 aliphatic rings. The molecule has 11 heteroatoms. The van der Waals surface area contributed by atoms with Crippen LogP contribution in [-0.2, 0) is 14.2 Å². The average Bonchev–Trinajstić information content (AvgIpc) is 2.31. The van der Waals surface area contributed by atoms with E-state index in [1.54, 1.807) is 0 Å². The zero-order valence-electron chi connectivity index (χ0n) is 10.1. The summed E-state index contributed by atoms with van der Waals surface area (Å²) in [7, 11) is 0.808. The average molecular weight is 552 g/mol. The molecule has 0 aliphatic carbocycles. The van der Waals surface area contributed by atoms with Crippen molar-refractivity contribution in [3.8, 4) is 0 Å². The number of alkyl halides is 2. The summed E-state index contributed by atoms with van der Waals surface area (Å²) in [5.41, 5.74) is 0. The molecule has 0 rings (SSSR count). The van der Waals surface area contributed by atoms with Crippen LogP contribution in [0.25, 0.3) is 0 Å². The van der Waals surface area contributed by atoms with Gasteiger partial charge >= 0.3 is 6.11 Å². The molecule has 0 spiro atoms. The Kier molecular flexibility index (Phi) is 15.3. The molecule has 0 heterocycles. The van der Waals surface area contributed by atoms with Gasteiger partial charge in [-0.25, -0.2) is 5.31 Å². The molecule has 1 atom stereocenters. The van der Waals surface area contributed by atoms with Crippen LogP contribution in [-0.4, -0.2) is 56.2 Å². The van der Waals surface area contributed by atoms with Gasteiger partial charge in [0, 0.05) is 13.5 Å². The van der Waals surface area contributed by atoms with Crippen LogP contribution < -0.4 is 0 Å². The first-order valence-corrected chi connectivity index (χ1v) is 4.47. The van der Waals surface area contributed by atoms with Gasteiger partial charge in [-0.2, -0.15) is 8.78 Å². The van der Waals surface area contributed by atoms with Crippen LogP contribution in [0.1, 0.15) is 0 Å². The molecule has 1 unspecified atom stereocenters. The van der Waals surface area contributed by atoms with E-state index in [2.05, 4.69) is 14.2 Å². The fraction of sp³-hybridized carbons (Fsp3) is 0.875. The number of rotatable bonds is 9. The largest absolute Gasteiger partial charge is 0.419 e. The van der Waals surface area contributed by atoms with E-state index in [4.69, 9.17) is 14.9 Å². The Morgan fingerprint density at radius 1 is 1.16 bits per heavy atom. The molecular weight excluding hydrogens is 538 g/mol. The monoisotopic (exact) mass is 552 g/mol.